The van der Waals surface area contributed by atoms with Crippen molar-refractivity contribution in [2.45, 2.75) is 32.6 Å². The van der Waals surface area contributed by atoms with Crippen LogP contribution in [0.5, 0.6) is 0 Å². The third-order valence-corrected chi connectivity index (χ3v) is 5.45. The average Bonchev–Trinajstić information content (AvgIpc) is 3.22. The monoisotopic (exact) mass is 349 g/mol. The predicted molar refractivity (Wildman–Crippen MR) is 99.8 cm³/mol. The van der Waals surface area contributed by atoms with Crippen LogP contribution >= 0.6 is 11.6 Å². The van der Waals surface area contributed by atoms with Gasteiger partial charge in [-0.1, -0.05) is 29.8 Å². The van der Waals surface area contributed by atoms with E-state index in [-0.39, 0.29) is 0 Å². The topological polar surface area (TPSA) is 36.9 Å². The second-order valence-electron chi connectivity index (χ2n) is 6.90. The number of likely N-dealkylation sites (tertiary alicyclic amines) is 1. The van der Waals surface area contributed by atoms with Crippen LogP contribution in [0.3, 0.4) is 0 Å². The highest BCUT2D eigenvalue weighted by Crippen LogP contribution is 2.38. The van der Waals surface area contributed by atoms with Gasteiger partial charge in [0.15, 0.2) is 5.96 Å². The number of hydrogen-bond acceptors (Lipinski definition) is 2. The summed E-state index contributed by atoms with van der Waals surface area (Å²) in [6.07, 6.45) is 4.40. The quantitative estimate of drug-likeness (QED) is 0.503. The SMILES string of the molecule is CCNC(=NCCCc1ccccc1Cl)N1CCC2(CCOC2)C1. The molecule has 0 bridgehead atoms. The molecule has 0 radical (unpaired) electrons. The Morgan fingerprint density at radius 1 is 1.38 bits per heavy atom. The van der Waals surface area contributed by atoms with Gasteiger partial charge in [0.2, 0.25) is 0 Å². The second-order valence-corrected chi connectivity index (χ2v) is 7.31. The third kappa shape index (κ3) is 4.22. The Hall–Kier alpha value is -1.26. The van der Waals surface area contributed by atoms with Gasteiger partial charge in [-0.05, 0) is 44.2 Å². The zero-order valence-electron chi connectivity index (χ0n) is 14.6. The van der Waals surface area contributed by atoms with Gasteiger partial charge in [-0.25, -0.2) is 0 Å². The first-order valence-corrected chi connectivity index (χ1v) is 9.45. The smallest absolute Gasteiger partial charge is 0.193 e. The van der Waals surface area contributed by atoms with Crippen LogP contribution in [-0.4, -0.2) is 50.3 Å². The van der Waals surface area contributed by atoms with E-state index in [4.69, 9.17) is 21.3 Å². The summed E-state index contributed by atoms with van der Waals surface area (Å²) in [5, 5.41) is 4.31. The molecule has 2 aliphatic rings. The number of hydrogen-bond donors (Lipinski definition) is 1. The Balaban J connectivity index is 1.53. The molecule has 0 aromatic heterocycles. The molecule has 0 aliphatic carbocycles. The Morgan fingerprint density at radius 2 is 2.25 bits per heavy atom. The molecule has 2 aliphatic heterocycles. The maximum atomic E-state index is 6.22. The first-order chi connectivity index (χ1) is 11.7. The van der Waals surface area contributed by atoms with Crippen molar-refractivity contribution in [1.82, 2.24) is 10.2 Å². The summed E-state index contributed by atoms with van der Waals surface area (Å²) >= 11 is 6.22. The number of ether oxygens (including phenoxy) is 1. The Kier molecular flexibility index (Phi) is 6.01. The first-order valence-electron chi connectivity index (χ1n) is 9.07. The van der Waals surface area contributed by atoms with Crippen molar-refractivity contribution < 1.29 is 4.74 Å². The van der Waals surface area contributed by atoms with Crippen LogP contribution in [-0.2, 0) is 11.2 Å². The molecule has 1 atom stereocenters. The normalized spacial score (nSPS) is 24.1. The summed E-state index contributed by atoms with van der Waals surface area (Å²) < 4.78 is 5.63. The van der Waals surface area contributed by atoms with Crippen molar-refractivity contribution >= 4 is 17.6 Å². The van der Waals surface area contributed by atoms with Gasteiger partial charge in [0.05, 0.1) is 6.61 Å². The van der Waals surface area contributed by atoms with Crippen molar-refractivity contribution in [3.05, 3.63) is 34.9 Å². The lowest BCUT2D eigenvalue weighted by atomic mass is 9.87. The zero-order chi connectivity index (χ0) is 16.8. The zero-order valence-corrected chi connectivity index (χ0v) is 15.3. The summed E-state index contributed by atoms with van der Waals surface area (Å²) in [5.74, 6) is 1.06. The minimum atomic E-state index is 0.369. The molecule has 1 aromatic carbocycles. The molecule has 1 aromatic rings. The molecule has 1 unspecified atom stereocenters. The highest BCUT2D eigenvalue weighted by Gasteiger charge is 2.42. The summed E-state index contributed by atoms with van der Waals surface area (Å²) in [6, 6.07) is 8.07. The van der Waals surface area contributed by atoms with Gasteiger partial charge < -0.3 is 15.0 Å². The number of nitrogens with one attached hydrogen (secondary N) is 1. The van der Waals surface area contributed by atoms with E-state index in [1.807, 2.05) is 18.2 Å². The molecule has 2 fully saturated rings. The van der Waals surface area contributed by atoms with Crippen LogP contribution in [0.4, 0.5) is 0 Å². The summed E-state index contributed by atoms with van der Waals surface area (Å²) in [5.41, 5.74) is 1.58. The van der Waals surface area contributed by atoms with E-state index in [0.29, 0.717) is 5.41 Å². The number of guanidine groups is 1. The molecular weight excluding hydrogens is 322 g/mol. The Bertz CT molecular complexity index is 569. The van der Waals surface area contributed by atoms with Gasteiger partial charge >= 0.3 is 0 Å². The molecule has 2 saturated heterocycles. The molecule has 0 saturated carbocycles. The fourth-order valence-corrected chi connectivity index (χ4v) is 3.90. The maximum absolute atomic E-state index is 6.22. The van der Waals surface area contributed by atoms with Crippen LogP contribution in [0.25, 0.3) is 0 Å². The van der Waals surface area contributed by atoms with Crippen LogP contribution in [0.15, 0.2) is 29.3 Å². The highest BCUT2D eigenvalue weighted by atomic mass is 35.5. The Morgan fingerprint density at radius 3 is 3.00 bits per heavy atom. The fraction of sp³-hybridized carbons (Fsp3) is 0.632. The number of halogens is 1. The number of rotatable bonds is 5. The molecule has 24 heavy (non-hydrogen) atoms. The van der Waals surface area contributed by atoms with E-state index in [9.17, 15) is 0 Å². The lowest BCUT2D eigenvalue weighted by Crippen LogP contribution is -2.41. The van der Waals surface area contributed by atoms with Crippen molar-refractivity contribution in [2.75, 3.05) is 39.4 Å². The summed E-state index contributed by atoms with van der Waals surface area (Å²) in [6.45, 7) is 7.85. The molecule has 1 N–H and O–H groups in total. The number of aliphatic imine (C=N–C) groups is 1. The van der Waals surface area contributed by atoms with Crippen LogP contribution < -0.4 is 5.32 Å². The van der Waals surface area contributed by atoms with Crippen LogP contribution in [0, 0.1) is 5.41 Å². The first kappa shape index (κ1) is 17.6. The largest absolute Gasteiger partial charge is 0.381 e. The van der Waals surface area contributed by atoms with Crippen molar-refractivity contribution in [1.29, 1.82) is 0 Å². The van der Waals surface area contributed by atoms with Crippen molar-refractivity contribution in [3.63, 3.8) is 0 Å². The fourth-order valence-electron chi connectivity index (χ4n) is 3.67. The minimum Gasteiger partial charge on any atom is -0.381 e. The van der Waals surface area contributed by atoms with E-state index >= 15 is 0 Å². The number of nitrogens with zero attached hydrogens (tertiary/aromatic N) is 2. The van der Waals surface area contributed by atoms with Gasteiger partial charge in [-0.2, -0.15) is 0 Å². The molecule has 2 heterocycles. The highest BCUT2D eigenvalue weighted by molar-refractivity contribution is 6.31. The van der Waals surface area contributed by atoms with Gasteiger partial charge in [0.25, 0.3) is 0 Å². The summed E-state index contributed by atoms with van der Waals surface area (Å²) in [7, 11) is 0. The van der Waals surface area contributed by atoms with Crippen molar-refractivity contribution in [3.8, 4) is 0 Å². The molecule has 132 valence electrons. The second kappa shape index (κ2) is 8.21. The Labute approximate surface area is 150 Å². The molecule has 1 spiro atoms. The maximum Gasteiger partial charge on any atom is 0.193 e. The van der Waals surface area contributed by atoms with E-state index in [2.05, 4.69) is 23.2 Å². The van der Waals surface area contributed by atoms with Gasteiger partial charge in [-0.15, -0.1) is 0 Å². The van der Waals surface area contributed by atoms with E-state index in [1.54, 1.807) is 0 Å². The van der Waals surface area contributed by atoms with Crippen molar-refractivity contribution in [2.24, 2.45) is 10.4 Å². The van der Waals surface area contributed by atoms with E-state index in [0.717, 1.165) is 63.2 Å². The molecule has 5 heteroatoms. The lowest BCUT2D eigenvalue weighted by Gasteiger charge is -2.25. The van der Waals surface area contributed by atoms with E-state index in [1.165, 1.54) is 18.4 Å². The lowest BCUT2D eigenvalue weighted by molar-refractivity contribution is 0.156. The van der Waals surface area contributed by atoms with E-state index < -0.39 is 0 Å². The minimum absolute atomic E-state index is 0.369. The van der Waals surface area contributed by atoms with Crippen LogP contribution in [0.2, 0.25) is 5.02 Å². The molecule has 0 amide bonds. The number of benzene rings is 1. The van der Waals surface area contributed by atoms with Gasteiger partial charge in [0.1, 0.15) is 0 Å². The van der Waals surface area contributed by atoms with Crippen LogP contribution in [0.1, 0.15) is 31.7 Å². The molecule has 4 nitrogen and oxygen atoms in total. The van der Waals surface area contributed by atoms with Gasteiger partial charge in [0, 0.05) is 43.2 Å². The third-order valence-electron chi connectivity index (χ3n) is 5.08. The standard InChI is InChI=1S/C19H28ClN3O/c1-2-21-18(23-12-9-19(14-23)10-13-24-15-19)22-11-5-7-16-6-3-4-8-17(16)20/h3-4,6,8H,2,5,7,9-15H2,1H3,(H,21,22). The van der Waals surface area contributed by atoms with Gasteiger partial charge in [-0.3, -0.25) is 4.99 Å². The number of aryl methyl sites for hydroxylation is 1. The molecular formula is C19H28ClN3O. The molecule has 3 rings (SSSR count). The average molecular weight is 350 g/mol. The predicted octanol–water partition coefficient (Wildman–Crippen LogP) is 3.35. The summed E-state index contributed by atoms with van der Waals surface area (Å²) in [4.78, 5) is 7.25.